The molecule has 0 aliphatic carbocycles. The number of rotatable bonds is 3. The molecule has 0 radical (unpaired) electrons. The van der Waals surface area contributed by atoms with Crippen LogP contribution in [-0.2, 0) is 12.1 Å². The maximum absolute atomic E-state index is 13.3. The molecule has 0 amide bonds. The Labute approximate surface area is 127 Å². The van der Waals surface area contributed by atoms with Crippen LogP contribution in [0.3, 0.4) is 0 Å². The van der Waals surface area contributed by atoms with Crippen molar-refractivity contribution in [3.8, 4) is 0 Å². The van der Waals surface area contributed by atoms with Crippen LogP contribution < -0.4 is 4.90 Å². The van der Waals surface area contributed by atoms with Crippen molar-refractivity contribution in [2.75, 3.05) is 11.9 Å². The molecule has 21 heavy (non-hydrogen) atoms. The van der Waals surface area contributed by atoms with Crippen LogP contribution in [0.2, 0.25) is 0 Å². The molecule has 0 N–H and O–H groups in total. The van der Waals surface area contributed by atoms with Gasteiger partial charge < -0.3 is 4.90 Å². The lowest BCUT2D eigenvalue weighted by molar-refractivity contribution is -0.137. The van der Waals surface area contributed by atoms with Gasteiger partial charge in [0.2, 0.25) is 0 Å². The van der Waals surface area contributed by atoms with Crippen molar-refractivity contribution in [1.29, 1.82) is 0 Å². The van der Waals surface area contributed by atoms with Gasteiger partial charge in [0.05, 0.1) is 11.3 Å². The van der Waals surface area contributed by atoms with E-state index in [4.69, 9.17) is 11.6 Å². The minimum atomic E-state index is -4.42. The molecule has 0 fully saturated rings. The van der Waals surface area contributed by atoms with E-state index in [1.54, 1.807) is 30.1 Å². The molecule has 2 rings (SSSR count). The fraction of sp³-hybridized carbons (Fsp3) is 0.250. The number of nitrogens with zero attached hydrogens (tertiary/aromatic N) is 1. The number of halogens is 4. The minimum absolute atomic E-state index is 0.0530. The number of hydrogen-bond acceptors (Lipinski definition) is 1. The molecule has 0 aliphatic heterocycles. The molecular formula is C16H15ClF3N. The second-order valence-corrected chi connectivity index (χ2v) is 5.10. The highest BCUT2D eigenvalue weighted by molar-refractivity contribution is 6.17. The van der Waals surface area contributed by atoms with Crippen LogP contribution in [0, 0.1) is 6.92 Å². The van der Waals surface area contributed by atoms with Crippen molar-refractivity contribution in [2.24, 2.45) is 0 Å². The SMILES string of the molecule is Cc1ccccc1N(C)c1ccc(CCl)cc1C(F)(F)F. The van der Waals surface area contributed by atoms with Gasteiger partial charge in [0.25, 0.3) is 0 Å². The fourth-order valence-corrected chi connectivity index (χ4v) is 2.42. The summed E-state index contributed by atoms with van der Waals surface area (Å²) in [4.78, 5) is 1.55. The van der Waals surface area contributed by atoms with Gasteiger partial charge in [0.15, 0.2) is 0 Å². The third kappa shape index (κ3) is 3.32. The highest BCUT2D eigenvalue weighted by atomic mass is 35.5. The molecule has 0 aromatic heterocycles. The van der Waals surface area contributed by atoms with E-state index < -0.39 is 11.7 Å². The predicted octanol–water partition coefficient (Wildman–Crippen LogP) is 5.52. The zero-order valence-electron chi connectivity index (χ0n) is 11.7. The maximum atomic E-state index is 13.3. The van der Waals surface area contributed by atoms with Crippen LogP contribution in [0.5, 0.6) is 0 Å². The molecule has 112 valence electrons. The first-order valence-electron chi connectivity index (χ1n) is 6.40. The molecule has 2 aromatic carbocycles. The average molecular weight is 314 g/mol. The summed E-state index contributed by atoms with van der Waals surface area (Å²) in [5.41, 5.74) is 1.54. The van der Waals surface area contributed by atoms with E-state index in [2.05, 4.69) is 0 Å². The largest absolute Gasteiger partial charge is 0.418 e. The first-order valence-corrected chi connectivity index (χ1v) is 6.93. The lowest BCUT2D eigenvalue weighted by Crippen LogP contribution is -2.17. The van der Waals surface area contributed by atoms with Crippen LogP contribution in [0.4, 0.5) is 24.5 Å². The first-order chi connectivity index (χ1) is 9.84. The van der Waals surface area contributed by atoms with Crippen molar-refractivity contribution in [2.45, 2.75) is 19.0 Å². The first kappa shape index (κ1) is 15.7. The smallest absolute Gasteiger partial charge is 0.344 e. The van der Waals surface area contributed by atoms with Gasteiger partial charge in [-0.15, -0.1) is 11.6 Å². The van der Waals surface area contributed by atoms with Gasteiger partial charge in [-0.3, -0.25) is 0 Å². The van der Waals surface area contributed by atoms with Crippen LogP contribution in [0.15, 0.2) is 42.5 Å². The van der Waals surface area contributed by atoms with E-state index in [0.717, 1.165) is 17.3 Å². The number of aryl methyl sites for hydroxylation is 1. The number of anilines is 2. The molecule has 0 aliphatic rings. The van der Waals surface area contributed by atoms with Crippen molar-refractivity contribution < 1.29 is 13.2 Å². The number of para-hydroxylation sites is 1. The average Bonchev–Trinajstić information content (AvgIpc) is 2.45. The van der Waals surface area contributed by atoms with Crippen molar-refractivity contribution in [1.82, 2.24) is 0 Å². The Morgan fingerprint density at radius 1 is 1.05 bits per heavy atom. The van der Waals surface area contributed by atoms with Crippen LogP contribution in [0.25, 0.3) is 0 Å². The number of alkyl halides is 4. The second-order valence-electron chi connectivity index (χ2n) is 4.83. The van der Waals surface area contributed by atoms with Crippen LogP contribution in [0.1, 0.15) is 16.7 Å². The molecule has 0 saturated heterocycles. The lowest BCUT2D eigenvalue weighted by Gasteiger charge is -2.25. The normalized spacial score (nSPS) is 11.5. The molecule has 0 bridgehead atoms. The van der Waals surface area contributed by atoms with Gasteiger partial charge >= 0.3 is 6.18 Å². The zero-order valence-corrected chi connectivity index (χ0v) is 12.5. The van der Waals surface area contributed by atoms with Crippen LogP contribution in [-0.4, -0.2) is 7.05 Å². The van der Waals surface area contributed by atoms with Gasteiger partial charge in [0.1, 0.15) is 0 Å². The van der Waals surface area contributed by atoms with E-state index >= 15 is 0 Å². The van der Waals surface area contributed by atoms with Gasteiger partial charge in [-0.1, -0.05) is 24.3 Å². The molecule has 0 saturated carbocycles. The van der Waals surface area contributed by atoms with Gasteiger partial charge in [-0.05, 0) is 36.2 Å². The topological polar surface area (TPSA) is 3.24 Å². The lowest BCUT2D eigenvalue weighted by atomic mass is 10.1. The van der Waals surface area contributed by atoms with E-state index in [1.807, 2.05) is 19.1 Å². The Morgan fingerprint density at radius 3 is 2.29 bits per heavy atom. The van der Waals surface area contributed by atoms with E-state index in [0.29, 0.717) is 5.56 Å². The van der Waals surface area contributed by atoms with Crippen molar-refractivity contribution in [3.63, 3.8) is 0 Å². The Hall–Kier alpha value is -1.68. The maximum Gasteiger partial charge on any atom is 0.418 e. The Morgan fingerprint density at radius 2 is 1.71 bits per heavy atom. The molecule has 0 unspecified atom stereocenters. The summed E-state index contributed by atoms with van der Waals surface area (Å²) in [6.45, 7) is 1.87. The van der Waals surface area contributed by atoms with Crippen molar-refractivity contribution in [3.05, 3.63) is 59.2 Å². The Kier molecular flexibility index (Phi) is 4.47. The summed E-state index contributed by atoms with van der Waals surface area (Å²) in [6, 6.07) is 11.5. The highest BCUT2D eigenvalue weighted by Crippen LogP contribution is 2.39. The Balaban J connectivity index is 2.56. The zero-order chi connectivity index (χ0) is 15.6. The van der Waals surface area contributed by atoms with Crippen LogP contribution >= 0.6 is 11.6 Å². The summed E-state index contributed by atoms with van der Waals surface area (Å²) >= 11 is 5.64. The Bertz CT molecular complexity index is 638. The van der Waals surface area contributed by atoms with E-state index in [-0.39, 0.29) is 11.6 Å². The number of hydrogen-bond donors (Lipinski definition) is 0. The molecule has 0 heterocycles. The monoisotopic (exact) mass is 313 g/mol. The molecule has 1 nitrogen and oxygen atoms in total. The van der Waals surface area contributed by atoms with Gasteiger partial charge in [0, 0.05) is 18.6 Å². The molecule has 5 heteroatoms. The third-order valence-electron chi connectivity index (χ3n) is 3.36. The van der Waals surface area contributed by atoms with Crippen molar-refractivity contribution >= 4 is 23.0 Å². The fourth-order valence-electron chi connectivity index (χ4n) is 2.26. The van der Waals surface area contributed by atoms with Gasteiger partial charge in [-0.25, -0.2) is 0 Å². The number of benzene rings is 2. The predicted molar refractivity (Wildman–Crippen MR) is 80.2 cm³/mol. The quantitative estimate of drug-likeness (QED) is 0.674. The molecular weight excluding hydrogens is 299 g/mol. The second kappa shape index (κ2) is 5.98. The third-order valence-corrected chi connectivity index (χ3v) is 3.67. The van der Waals surface area contributed by atoms with Gasteiger partial charge in [-0.2, -0.15) is 13.2 Å². The summed E-state index contributed by atoms with van der Waals surface area (Å²) in [5, 5.41) is 0. The summed E-state index contributed by atoms with van der Waals surface area (Å²) in [7, 11) is 1.63. The molecule has 0 atom stereocenters. The highest BCUT2D eigenvalue weighted by Gasteiger charge is 2.35. The standard InChI is InChI=1S/C16H15ClF3N/c1-11-5-3-4-6-14(11)21(2)15-8-7-12(10-17)9-13(15)16(18,19)20/h3-9H,10H2,1-2H3. The summed E-state index contributed by atoms with van der Waals surface area (Å²) in [5.74, 6) is 0.0530. The molecule has 2 aromatic rings. The molecule has 0 spiro atoms. The van der Waals surface area contributed by atoms with E-state index in [9.17, 15) is 13.2 Å². The summed E-state index contributed by atoms with van der Waals surface area (Å²) in [6.07, 6.45) is -4.42. The minimum Gasteiger partial charge on any atom is -0.344 e. The summed E-state index contributed by atoms with van der Waals surface area (Å²) < 4.78 is 39.8. The van der Waals surface area contributed by atoms with E-state index in [1.165, 1.54) is 6.07 Å².